The minimum atomic E-state index is -0.267. The number of rotatable bonds is 3. The molecule has 1 aromatic rings. The van der Waals surface area contributed by atoms with E-state index in [2.05, 4.69) is 17.0 Å². The summed E-state index contributed by atoms with van der Waals surface area (Å²) in [6.45, 7) is 4.16. The normalized spacial score (nSPS) is 23.6. The van der Waals surface area contributed by atoms with Crippen LogP contribution in [0.2, 0.25) is 0 Å². The third-order valence-electron chi connectivity index (χ3n) is 4.36. The van der Waals surface area contributed by atoms with Crippen LogP contribution < -0.4 is 15.2 Å². The van der Waals surface area contributed by atoms with Crippen molar-refractivity contribution in [1.29, 1.82) is 0 Å². The van der Waals surface area contributed by atoms with Gasteiger partial charge in [-0.05, 0) is 44.0 Å². The average molecular weight is 290 g/mol. The van der Waals surface area contributed by atoms with Crippen molar-refractivity contribution in [2.75, 3.05) is 19.8 Å². The lowest BCUT2D eigenvalue weighted by Crippen LogP contribution is -2.42. The van der Waals surface area contributed by atoms with Crippen molar-refractivity contribution in [3.05, 3.63) is 23.8 Å². The van der Waals surface area contributed by atoms with E-state index in [1.807, 2.05) is 13.0 Å². The standard InChI is InChI=1S/C16H22N2O3/c1-11(16(17)19)18-7-2-4-13(18)12-5-6-14-15(10-12)21-9-3-8-20-14/h5-6,10-11,13H,2-4,7-9H2,1H3,(H2,17,19)/t11-,13-/m1/s1. The van der Waals surface area contributed by atoms with Gasteiger partial charge in [0.15, 0.2) is 11.5 Å². The first-order chi connectivity index (χ1) is 10.2. The monoisotopic (exact) mass is 290 g/mol. The number of hydrogen-bond donors (Lipinski definition) is 1. The molecular formula is C16H22N2O3. The fourth-order valence-corrected chi connectivity index (χ4v) is 3.16. The minimum Gasteiger partial charge on any atom is -0.490 e. The molecule has 2 atom stereocenters. The quantitative estimate of drug-likeness (QED) is 0.923. The fourth-order valence-electron chi connectivity index (χ4n) is 3.16. The second kappa shape index (κ2) is 5.93. The first kappa shape index (κ1) is 14.2. The maximum absolute atomic E-state index is 11.5. The molecule has 0 radical (unpaired) electrons. The number of hydrogen-bond acceptors (Lipinski definition) is 4. The summed E-state index contributed by atoms with van der Waals surface area (Å²) in [6.07, 6.45) is 3.02. The molecule has 0 aromatic heterocycles. The van der Waals surface area contributed by atoms with E-state index in [9.17, 15) is 4.79 Å². The Morgan fingerprint density at radius 3 is 2.81 bits per heavy atom. The molecule has 5 heteroatoms. The smallest absolute Gasteiger partial charge is 0.234 e. The molecule has 0 saturated carbocycles. The molecule has 1 aromatic carbocycles. The number of fused-ring (bicyclic) bond motifs is 1. The Bertz CT molecular complexity index is 532. The van der Waals surface area contributed by atoms with Gasteiger partial charge in [0.25, 0.3) is 0 Å². The van der Waals surface area contributed by atoms with Crippen molar-refractivity contribution in [2.45, 2.75) is 38.3 Å². The highest BCUT2D eigenvalue weighted by Crippen LogP contribution is 2.38. The zero-order valence-electron chi connectivity index (χ0n) is 12.4. The van der Waals surface area contributed by atoms with Gasteiger partial charge in [0.05, 0.1) is 19.3 Å². The van der Waals surface area contributed by atoms with Gasteiger partial charge in [0, 0.05) is 12.5 Å². The zero-order chi connectivity index (χ0) is 14.8. The van der Waals surface area contributed by atoms with Gasteiger partial charge in [-0.2, -0.15) is 0 Å². The van der Waals surface area contributed by atoms with Gasteiger partial charge in [-0.3, -0.25) is 9.69 Å². The molecule has 1 saturated heterocycles. The van der Waals surface area contributed by atoms with E-state index < -0.39 is 0 Å². The van der Waals surface area contributed by atoms with Crippen LogP contribution in [0.1, 0.15) is 37.8 Å². The number of amides is 1. The highest BCUT2D eigenvalue weighted by molar-refractivity contribution is 5.79. The minimum absolute atomic E-state index is 0.227. The van der Waals surface area contributed by atoms with E-state index in [0.717, 1.165) is 37.3 Å². The lowest BCUT2D eigenvalue weighted by atomic mass is 10.0. The van der Waals surface area contributed by atoms with Crippen molar-refractivity contribution in [1.82, 2.24) is 4.90 Å². The number of ether oxygens (including phenoxy) is 2. The van der Waals surface area contributed by atoms with Gasteiger partial charge in [-0.15, -0.1) is 0 Å². The van der Waals surface area contributed by atoms with Crippen LogP contribution in [0.15, 0.2) is 18.2 Å². The van der Waals surface area contributed by atoms with E-state index in [4.69, 9.17) is 15.2 Å². The second-order valence-corrected chi connectivity index (χ2v) is 5.73. The number of carbonyl (C=O) groups is 1. The Morgan fingerprint density at radius 2 is 2.05 bits per heavy atom. The van der Waals surface area contributed by atoms with Crippen LogP contribution in [-0.4, -0.2) is 36.6 Å². The number of primary amides is 1. The van der Waals surface area contributed by atoms with Crippen molar-refractivity contribution in [3.8, 4) is 11.5 Å². The van der Waals surface area contributed by atoms with Gasteiger partial charge < -0.3 is 15.2 Å². The van der Waals surface area contributed by atoms with Crippen molar-refractivity contribution >= 4 is 5.91 Å². The second-order valence-electron chi connectivity index (χ2n) is 5.73. The Balaban J connectivity index is 1.86. The molecule has 0 bridgehead atoms. The summed E-state index contributed by atoms with van der Waals surface area (Å²) in [5.41, 5.74) is 6.63. The molecule has 3 rings (SSSR count). The van der Waals surface area contributed by atoms with Crippen LogP contribution in [0.25, 0.3) is 0 Å². The molecule has 0 spiro atoms. The first-order valence-electron chi connectivity index (χ1n) is 7.61. The number of likely N-dealkylation sites (tertiary alicyclic amines) is 1. The largest absolute Gasteiger partial charge is 0.490 e. The van der Waals surface area contributed by atoms with Crippen molar-refractivity contribution in [2.24, 2.45) is 5.73 Å². The summed E-state index contributed by atoms with van der Waals surface area (Å²) in [7, 11) is 0. The third-order valence-corrected chi connectivity index (χ3v) is 4.36. The van der Waals surface area contributed by atoms with Gasteiger partial charge in [-0.1, -0.05) is 6.07 Å². The highest BCUT2D eigenvalue weighted by Gasteiger charge is 2.32. The summed E-state index contributed by atoms with van der Waals surface area (Å²) in [6, 6.07) is 6.08. The van der Waals surface area contributed by atoms with E-state index in [-0.39, 0.29) is 18.0 Å². The summed E-state index contributed by atoms with van der Waals surface area (Å²) >= 11 is 0. The molecule has 1 fully saturated rings. The maximum Gasteiger partial charge on any atom is 0.234 e. The Morgan fingerprint density at radius 1 is 1.29 bits per heavy atom. The topological polar surface area (TPSA) is 64.8 Å². The fraction of sp³-hybridized carbons (Fsp3) is 0.562. The third kappa shape index (κ3) is 2.83. The number of nitrogens with two attached hydrogens (primary N) is 1. The maximum atomic E-state index is 11.5. The molecular weight excluding hydrogens is 268 g/mol. The molecule has 0 aliphatic carbocycles. The summed E-state index contributed by atoms with van der Waals surface area (Å²) in [5.74, 6) is 1.35. The van der Waals surface area contributed by atoms with Crippen LogP contribution in [0, 0.1) is 0 Å². The Hall–Kier alpha value is -1.75. The summed E-state index contributed by atoms with van der Waals surface area (Å²) in [4.78, 5) is 13.7. The van der Waals surface area contributed by atoms with Crippen LogP contribution in [0.4, 0.5) is 0 Å². The summed E-state index contributed by atoms with van der Waals surface area (Å²) in [5, 5.41) is 0. The predicted molar refractivity (Wildman–Crippen MR) is 79.4 cm³/mol. The van der Waals surface area contributed by atoms with Crippen LogP contribution in [-0.2, 0) is 4.79 Å². The molecule has 0 unspecified atom stereocenters. The molecule has 2 aliphatic heterocycles. The molecule has 2 N–H and O–H groups in total. The molecule has 2 aliphatic rings. The molecule has 1 amide bonds. The van der Waals surface area contributed by atoms with E-state index in [0.29, 0.717) is 13.2 Å². The summed E-state index contributed by atoms with van der Waals surface area (Å²) < 4.78 is 11.4. The van der Waals surface area contributed by atoms with E-state index >= 15 is 0 Å². The van der Waals surface area contributed by atoms with Crippen LogP contribution in [0.5, 0.6) is 11.5 Å². The molecule has 21 heavy (non-hydrogen) atoms. The van der Waals surface area contributed by atoms with E-state index in [1.165, 1.54) is 5.56 Å². The van der Waals surface area contributed by atoms with E-state index in [1.54, 1.807) is 0 Å². The molecule has 2 heterocycles. The Labute approximate surface area is 125 Å². The van der Waals surface area contributed by atoms with Gasteiger partial charge in [-0.25, -0.2) is 0 Å². The molecule has 5 nitrogen and oxygen atoms in total. The first-order valence-corrected chi connectivity index (χ1v) is 7.61. The number of carbonyl (C=O) groups excluding carboxylic acids is 1. The van der Waals surface area contributed by atoms with Crippen LogP contribution in [0.3, 0.4) is 0 Å². The average Bonchev–Trinajstić information content (AvgIpc) is 2.84. The molecule has 114 valence electrons. The van der Waals surface area contributed by atoms with Gasteiger partial charge in [0.1, 0.15) is 0 Å². The zero-order valence-corrected chi connectivity index (χ0v) is 12.4. The Kier molecular flexibility index (Phi) is 4.01. The van der Waals surface area contributed by atoms with Crippen LogP contribution >= 0.6 is 0 Å². The number of benzene rings is 1. The number of nitrogens with zero attached hydrogens (tertiary/aromatic N) is 1. The van der Waals surface area contributed by atoms with Gasteiger partial charge >= 0.3 is 0 Å². The lowest BCUT2D eigenvalue weighted by molar-refractivity contribution is -0.123. The van der Waals surface area contributed by atoms with Crippen molar-refractivity contribution < 1.29 is 14.3 Å². The SMILES string of the molecule is C[C@H](C(N)=O)N1CCC[C@@H]1c1ccc2c(c1)OCCCO2. The van der Waals surface area contributed by atoms with Crippen molar-refractivity contribution in [3.63, 3.8) is 0 Å². The van der Waals surface area contributed by atoms with Gasteiger partial charge in [0.2, 0.25) is 5.91 Å². The lowest BCUT2D eigenvalue weighted by Gasteiger charge is -2.29. The highest BCUT2D eigenvalue weighted by atomic mass is 16.5. The predicted octanol–water partition coefficient (Wildman–Crippen LogP) is 1.86.